The first-order chi connectivity index (χ1) is 15.1. The second-order valence-electron chi connectivity index (χ2n) is 7.01. The molecule has 10 nitrogen and oxygen atoms in total. The number of anilines is 2. The van der Waals surface area contributed by atoms with Crippen LogP contribution in [-0.4, -0.2) is 44.2 Å². The quantitative estimate of drug-likeness (QED) is 0.474. The van der Waals surface area contributed by atoms with Crippen LogP contribution in [0.25, 0.3) is 5.69 Å². The molecule has 1 N–H and O–H groups in total. The first-order valence-electron chi connectivity index (χ1n) is 9.58. The maximum atomic E-state index is 13.5. The number of aryl methyl sites for hydroxylation is 1. The van der Waals surface area contributed by atoms with Crippen LogP contribution in [-0.2, 0) is 0 Å². The van der Waals surface area contributed by atoms with Crippen LogP contribution in [0.4, 0.5) is 11.6 Å². The van der Waals surface area contributed by atoms with Gasteiger partial charge in [-0.05, 0) is 47.7 Å². The number of para-hydroxylation sites is 1. The van der Waals surface area contributed by atoms with E-state index in [1.165, 1.54) is 4.68 Å². The summed E-state index contributed by atoms with van der Waals surface area (Å²) in [6, 6.07) is 14.2. The summed E-state index contributed by atoms with van der Waals surface area (Å²) in [7, 11) is 3.18. The monoisotopic (exact) mass is 417 g/mol. The number of aromatic nitrogens is 6. The minimum Gasteiger partial charge on any atom is -0.497 e. The van der Waals surface area contributed by atoms with E-state index in [-0.39, 0.29) is 5.56 Å². The molecular weight excluding hydrogens is 398 g/mol. The molecule has 2 aromatic heterocycles. The van der Waals surface area contributed by atoms with Crippen LogP contribution in [0, 0.1) is 6.92 Å². The summed E-state index contributed by atoms with van der Waals surface area (Å²) in [5.74, 6) is 1.62. The lowest BCUT2D eigenvalue weighted by molar-refractivity contribution is 0.392. The van der Waals surface area contributed by atoms with E-state index >= 15 is 0 Å². The highest BCUT2D eigenvalue weighted by molar-refractivity contribution is 5.66. The maximum absolute atomic E-state index is 13.5. The van der Waals surface area contributed by atoms with Gasteiger partial charge >= 0.3 is 0 Å². The summed E-state index contributed by atoms with van der Waals surface area (Å²) in [6.45, 7) is 1.86. The van der Waals surface area contributed by atoms with Gasteiger partial charge in [-0.25, -0.2) is 0 Å². The summed E-state index contributed by atoms with van der Waals surface area (Å²) in [6.07, 6.45) is 0. The van der Waals surface area contributed by atoms with Gasteiger partial charge in [0.25, 0.3) is 5.56 Å². The lowest BCUT2D eigenvalue weighted by atomic mass is 9.94. The van der Waals surface area contributed by atoms with E-state index in [0.29, 0.717) is 40.1 Å². The molecule has 10 heteroatoms. The molecule has 31 heavy (non-hydrogen) atoms. The SMILES string of the molecule is COc1ccc(OC)c([C@@H]2c3c(C)nn(-c4ccccc4)c(=O)c3Nc3nnnn32)c1. The minimum atomic E-state index is -0.531. The summed E-state index contributed by atoms with van der Waals surface area (Å²) in [5.41, 5.74) is 2.81. The number of nitrogens with zero attached hydrogens (tertiary/aromatic N) is 6. The van der Waals surface area contributed by atoms with Crippen molar-refractivity contribution in [1.29, 1.82) is 0 Å². The lowest BCUT2D eigenvalue weighted by Crippen LogP contribution is -2.33. The Kier molecular flexibility index (Phi) is 4.39. The molecule has 0 saturated heterocycles. The maximum Gasteiger partial charge on any atom is 0.295 e. The Morgan fingerprint density at radius 1 is 1.06 bits per heavy atom. The molecule has 0 radical (unpaired) electrons. The van der Waals surface area contributed by atoms with Gasteiger partial charge in [0, 0.05) is 11.1 Å². The Morgan fingerprint density at radius 3 is 2.61 bits per heavy atom. The molecule has 4 aromatic rings. The molecule has 1 atom stereocenters. The third-order valence-corrected chi connectivity index (χ3v) is 5.30. The number of nitrogens with one attached hydrogen (secondary N) is 1. The molecule has 2 aromatic carbocycles. The summed E-state index contributed by atoms with van der Waals surface area (Å²) in [5, 5.41) is 19.7. The number of methoxy groups -OCH3 is 2. The van der Waals surface area contributed by atoms with Crippen LogP contribution in [0.5, 0.6) is 11.5 Å². The summed E-state index contributed by atoms with van der Waals surface area (Å²) < 4.78 is 14.0. The van der Waals surface area contributed by atoms with Crippen molar-refractivity contribution in [1.82, 2.24) is 30.0 Å². The van der Waals surface area contributed by atoms with Crippen molar-refractivity contribution in [2.45, 2.75) is 13.0 Å². The van der Waals surface area contributed by atoms with Crippen molar-refractivity contribution >= 4 is 11.6 Å². The van der Waals surface area contributed by atoms with Gasteiger partial charge in [0.2, 0.25) is 5.95 Å². The highest BCUT2D eigenvalue weighted by Gasteiger charge is 2.35. The van der Waals surface area contributed by atoms with Gasteiger partial charge in [0.15, 0.2) is 0 Å². The first kappa shape index (κ1) is 18.8. The average Bonchev–Trinajstić information content (AvgIpc) is 3.28. The Hall–Kier alpha value is -4.21. The van der Waals surface area contributed by atoms with Gasteiger partial charge in [-0.3, -0.25) is 4.79 Å². The largest absolute Gasteiger partial charge is 0.497 e. The zero-order valence-electron chi connectivity index (χ0n) is 17.1. The van der Waals surface area contributed by atoms with E-state index in [9.17, 15) is 4.79 Å². The second kappa shape index (κ2) is 7.24. The third kappa shape index (κ3) is 2.91. The van der Waals surface area contributed by atoms with Crippen molar-refractivity contribution in [3.8, 4) is 17.2 Å². The average molecular weight is 417 g/mol. The molecule has 0 bridgehead atoms. The van der Waals surface area contributed by atoms with Crippen LogP contribution in [0.3, 0.4) is 0 Å². The Bertz CT molecular complexity index is 1330. The van der Waals surface area contributed by atoms with Crippen LogP contribution >= 0.6 is 0 Å². The zero-order chi connectivity index (χ0) is 21.5. The van der Waals surface area contributed by atoms with Crippen LogP contribution in [0.2, 0.25) is 0 Å². The Labute approximate surface area is 177 Å². The molecule has 5 rings (SSSR count). The van der Waals surface area contributed by atoms with Crippen molar-refractivity contribution in [3.05, 3.63) is 75.7 Å². The molecule has 0 spiro atoms. The van der Waals surface area contributed by atoms with Crippen molar-refractivity contribution < 1.29 is 9.47 Å². The fourth-order valence-electron chi connectivity index (χ4n) is 3.88. The van der Waals surface area contributed by atoms with Gasteiger partial charge in [0.05, 0.1) is 25.6 Å². The lowest BCUT2D eigenvalue weighted by Gasteiger charge is -2.29. The highest BCUT2D eigenvalue weighted by atomic mass is 16.5. The van der Waals surface area contributed by atoms with E-state index in [4.69, 9.17) is 9.47 Å². The molecule has 0 aliphatic carbocycles. The number of ether oxygens (including phenoxy) is 2. The van der Waals surface area contributed by atoms with Crippen LogP contribution in [0.15, 0.2) is 53.3 Å². The topological polar surface area (TPSA) is 109 Å². The third-order valence-electron chi connectivity index (χ3n) is 5.30. The number of hydrogen-bond donors (Lipinski definition) is 1. The summed E-state index contributed by atoms with van der Waals surface area (Å²) >= 11 is 0. The zero-order valence-corrected chi connectivity index (χ0v) is 17.1. The standard InChI is InChI=1S/C21H19N7O3/c1-12-17-18(20(29)27(24-12)13-7-5-4-6-8-13)22-21-23-25-26-28(21)19(17)15-11-14(30-2)9-10-16(15)31-3/h4-11,19H,1-3H3,(H,22,23,26)/t19-/m1/s1. The van der Waals surface area contributed by atoms with Gasteiger partial charge in [-0.1, -0.05) is 23.3 Å². The summed E-state index contributed by atoms with van der Waals surface area (Å²) in [4.78, 5) is 13.5. The molecule has 1 aliphatic rings. The van der Waals surface area contributed by atoms with Crippen LogP contribution in [0.1, 0.15) is 22.9 Å². The molecule has 0 amide bonds. The second-order valence-corrected chi connectivity index (χ2v) is 7.01. The molecule has 0 fully saturated rings. The van der Waals surface area contributed by atoms with Gasteiger partial charge in [-0.15, -0.1) is 0 Å². The van der Waals surface area contributed by atoms with E-state index in [1.807, 2.05) is 55.5 Å². The van der Waals surface area contributed by atoms with Gasteiger partial charge in [-0.2, -0.15) is 14.5 Å². The predicted molar refractivity (Wildman–Crippen MR) is 112 cm³/mol. The van der Waals surface area contributed by atoms with E-state index < -0.39 is 6.04 Å². The highest BCUT2D eigenvalue weighted by Crippen LogP contribution is 2.42. The Balaban J connectivity index is 1.80. The smallest absolute Gasteiger partial charge is 0.295 e. The molecule has 3 heterocycles. The van der Waals surface area contributed by atoms with Crippen LogP contribution < -0.4 is 20.3 Å². The van der Waals surface area contributed by atoms with Crippen molar-refractivity contribution in [2.24, 2.45) is 0 Å². The van der Waals surface area contributed by atoms with Gasteiger partial charge < -0.3 is 14.8 Å². The predicted octanol–water partition coefficient (Wildman–Crippen LogP) is 2.24. The van der Waals surface area contributed by atoms with Crippen molar-refractivity contribution in [2.75, 3.05) is 19.5 Å². The first-order valence-corrected chi connectivity index (χ1v) is 9.58. The normalized spacial score (nSPS) is 14.4. The molecule has 156 valence electrons. The number of hydrogen-bond acceptors (Lipinski definition) is 8. The number of rotatable bonds is 4. The molecule has 0 saturated carbocycles. The number of fused-ring (bicyclic) bond motifs is 2. The fourth-order valence-corrected chi connectivity index (χ4v) is 3.88. The minimum absolute atomic E-state index is 0.298. The van der Waals surface area contributed by atoms with E-state index in [0.717, 1.165) is 5.56 Å². The molecule has 1 aliphatic heterocycles. The fraction of sp³-hybridized carbons (Fsp3) is 0.190. The molecular formula is C21H19N7O3. The number of tetrazole rings is 1. The number of benzene rings is 2. The van der Waals surface area contributed by atoms with Gasteiger partial charge in [0.1, 0.15) is 23.2 Å². The van der Waals surface area contributed by atoms with E-state index in [2.05, 4.69) is 25.9 Å². The Morgan fingerprint density at radius 2 is 1.87 bits per heavy atom. The molecule has 0 unspecified atom stereocenters. The van der Waals surface area contributed by atoms with Crippen molar-refractivity contribution in [3.63, 3.8) is 0 Å². The van der Waals surface area contributed by atoms with E-state index in [1.54, 1.807) is 18.9 Å².